The minimum atomic E-state index is -0.00962. The maximum absolute atomic E-state index is 12.5. The van der Waals surface area contributed by atoms with Crippen LogP contribution in [0.5, 0.6) is 5.75 Å². The van der Waals surface area contributed by atoms with Crippen LogP contribution < -0.4 is 4.74 Å². The fourth-order valence-electron chi connectivity index (χ4n) is 2.94. The highest BCUT2D eigenvalue weighted by molar-refractivity contribution is 7.10. The van der Waals surface area contributed by atoms with Crippen LogP contribution in [-0.4, -0.2) is 24.5 Å². The number of fused-ring (bicyclic) bond motifs is 1. The molecule has 1 unspecified atom stereocenters. The molecule has 2 aromatic rings. The molecule has 0 saturated heterocycles. The normalized spacial score (nSPS) is 17.5. The van der Waals surface area contributed by atoms with E-state index in [0.717, 1.165) is 24.3 Å². The van der Waals surface area contributed by atoms with Gasteiger partial charge in [0.2, 0.25) is 5.91 Å². The van der Waals surface area contributed by atoms with Crippen LogP contribution in [0.15, 0.2) is 47.9 Å². The van der Waals surface area contributed by atoms with Crippen molar-refractivity contribution in [2.75, 3.05) is 13.7 Å². The number of carbonyl (C=O) groups is 1. The Kier molecular flexibility index (Phi) is 4.29. The summed E-state index contributed by atoms with van der Waals surface area (Å²) in [6.45, 7) is 2.63. The topological polar surface area (TPSA) is 29.5 Å². The van der Waals surface area contributed by atoms with E-state index in [1.807, 2.05) is 36.1 Å². The average molecular weight is 313 g/mol. The number of amides is 1. The molecule has 2 heterocycles. The van der Waals surface area contributed by atoms with Gasteiger partial charge in [0.25, 0.3) is 0 Å². The molecule has 114 valence electrons. The second-order valence-electron chi connectivity index (χ2n) is 5.26. The van der Waals surface area contributed by atoms with E-state index >= 15 is 0 Å². The van der Waals surface area contributed by atoms with E-state index in [1.165, 1.54) is 10.4 Å². The Morgan fingerprint density at radius 3 is 2.77 bits per heavy atom. The zero-order chi connectivity index (χ0) is 15.5. The molecule has 1 aliphatic heterocycles. The number of carbonyl (C=O) groups excluding carboxylic acids is 1. The van der Waals surface area contributed by atoms with Gasteiger partial charge in [-0.15, -0.1) is 11.3 Å². The Hall–Kier alpha value is -2.07. The van der Waals surface area contributed by atoms with E-state index in [2.05, 4.69) is 11.4 Å². The van der Waals surface area contributed by atoms with Crippen molar-refractivity contribution in [3.63, 3.8) is 0 Å². The molecule has 1 amide bonds. The van der Waals surface area contributed by atoms with Crippen LogP contribution in [0.2, 0.25) is 0 Å². The Morgan fingerprint density at radius 1 is 1.32 bits per heavy atom. The third-order valence-corrected chi connectivity index (χ3v) is 4.99. The molecule has 0 fully saturated rings. The molecular weight excluding hydrogens is 294 g/mol. The SMILES string of the molecule is C/C=C/C(=O)N1CCc2sccc2C1c1ccc(OC)cc1. The van der Waals surface area contributed by atoms with Crippen molar-refractivity contribution >= 4 is 17.2 Å². The molecule has 0 spiro atoms. The number of allylic oxidation sites excluding steroid dienone is 1. The number of benzene rings is 1. The van der Waals surface area contributed by atoms with Crippen LogP contribution in [0, 0.1) is 0 Å². The molecule has 3 rings (SSSR count). The molecule has 1 aliphatic rings. The van der Waals surface area contributed by atoms with E-state index < -0.39 is 0 Å². The highest BCUT2D eigenvalue weighted by Gasteiger charge is 2.31. The number of hydrogen-bond donors (Lipinski definition) is 0. The number of methoxy groups -OCH3 is 1. The molecule has 22 heavy (non-hydrogen) atoms. The first-order valence-electron chi connectivity index (χ1n) is 7.38. The van der Waals surface area contributed by atoms with Gasteiger partial charge < -0.3 is 9.64 Å². The standard InChI is InChI=1S/C18H19NO2S/c1-3-4-17(20)19-11-9-16-15(10-12-22-16)18(19)13-5-7-14(21-2)8-6-13/h3-8,10,12,18H,9,11H2,1-2H3/b4-3+. The third kappa shape index (κ3) is 2.66. The highest BCUT2D eigenvalue weighted by atomic mass is 32.1. The van der Waals surface area contributed by atoms with Crippen LogP contribution in [0.4, 0.5) is 0 Å². The number of hydrogen-bond acceptors (Lipinski definition) is 3. The summed E-state index contributed by atoms with van der Waals surface area (Å²) >= 11 is 1.78. The van der Waals surface area contributed by atoms with Gasteiger partial charge in [-0.2, -0.15) is 0 Å². The zero-order valence-electron chi connectivity index (χ0n) is 12.8. The summed E-state index contributed by atoms with van der Waals surface area (Å²) in [6.07, 6.45) is 4.38. The maximum atomic E-state index is 12.5. The van der Waals surface area contributed by atoms with Crippen molar-refractivity contribution in [3.8, 4) is 5.75 Å². The lowest BCUT2D eigenvalue weighted by Crippen LogP contribution is -2.39. The van der Waals surface area contributed by atoms with E-state index in [0.29, 0.717) is 0 Å². The molecule has 0 aliphatic carbocycles. The lowest BCUT2D eigenvalue weighted by atomic mass is 9.93. The van der Waals surface area contributed by atoms with Crippen molar-refractivity contribution < 1.29 is 9.53 Å². The molecule has 0 bridgehead atoms. The van der Waals surface area contributed by atoms with Gasteiger partial charge in [0.15, 0.2) is 0 Å². The lowest BCUT2D eigenvalue weighted by Gasteiger charge is -2.35. The van der Waals surface area contributed by atoms with Gasteiger partial charge >= 0.3 is 0 Å². The van der Waals surface area contributed by atoms with Gasteiger partial charge in [-0.1, -0.05) is 18.2 Å². The number of rotatable bonds is 3. The van der Waals surface area contributed by atoms with Crippen LogP contribution in [0.25, 0.3) is 0 Å². The number of ether oxygens (including phenoxy) is 1. The largest absolute Gasteiger partial charge is 0.497 e. The van der Waals surface area contributed by atoms with E-state index in [1.54, 1.807) is 30.6 Å². The van der Waals surface area contributed by atoms with Crippen molar-refractivity contribution in [1.82, 2.24) is 4.90 Å². The van der Waals surface area contributed by atoms with E-state index in [-0.39, 0.29) is 11.9 Å². The van der Waals surface area contributed by atoms with Crippen LogP contribution in [-0.2, 0) is 11.2 Å². The molecule has 1 aromatic carbocycles. The number of nitrogens with zero attached hydrogens (tertiary/aromatic N) is 1. The van der Waals surface area contributed by atoms with Crippen molar-refractivity contribution in [2.45, 2.75) is 19.4 Å². The molecule has 0 N–H and O–H groups in total. The predicted molar refractivity (Wildman–Crippen MR) is 89.4 cm³/mol. The smallest absolute Gasteiger partial charge is 0.247 e. The third-order valence-electron chi connectivity index (χ3n) is 3.99. The summed E-state index contributed by atoms with van der Waals surface area (Å²) in [7, 11) is 1.66. The lowest BCUT2D eigenvalue weighted by molar-refractivity contribution is -0.128. The monoisotopic (exact) mass is 313 g/mol. The number of thiophene rings is 1. The van der Waals surface area contributed by atoms with Crippen molar-refractivity contribution in [2.24, 2.45) is 0 Å². The summed E-state index contributed by atoms with van der Waals surface area (Å²) in [4.78, 5) is 15.8. The summed E-state index contributed by atoms with van der Waals surface area (Å²) < 4.78 is 5.23. The predicted octanol–water partition coefficient (Wildman–Crippen LogP) is 3.81. The first-order valence-corrected chi connectivity index (χ1v) is 8.26. The fraction of sp³-hybridized carbons (Fsp3) is 0.278. The second kappa shape index (κ2) is 6.36. The Labute approximate surface area is 134 Å². The first kappa shape index (κ1) is 14.9. The van der Waals surface area contributed by atoms with E-state index in [4.69, 9.17) is 4.74 Å². The quantitative estimate of drug-likeness (QED) is 0.807. The molecule has 4 heteroatoms. The minimum absolute atomic E-state index is 0.00962. The molecule has 3 nitrogen and oxygen atoms in total. The van der Waals surface area contributed by atoms with Gasteiger partial charge in [0, 0.05) is 11.4 Å². The van der Waals surface area contributed by atoms with Crippen molar-refractivity contribution in [3.05, 3.63) is 63.9 Å². The average Bonchev–Trinajstić information content (AvgIpc) is 3.03. The Morgan fingerprint density at radius 2 is 2.09 bits per heavy atom. The van der Waals surface area contributed by atoms with E-state index in [9.17, 15) is 4.79 Å². The Balaban J connectivity index is 2.03. The second-order valence-corrected chi connectivity index (χ2v) is 6.26. The molecular formula is C18H19NO2S. The van der Waals surface area contributed by atoms with Gasteiger partial charge in [0.1, 0.15) is 5.75 Å². The van der Waals surface area contributed by atoms with Crippen molar-refractivity contribution in [1.29, 1.82) is 0 Å². The van der Waals surface area contributed by atoms with Gasteiger partial charge in [-0.3, -0.25) is 4.79 Å². The zero-order valence-corrected chi connectivity index (χ0v) is 13.6. The van der Waals surface area contributed by atoms with Crippen LogP contribution in [0.1, 0.15) is 29.0 Å². The van der Waals surface area contributed by atoms with Gasteiger partial charge in [-0.25, -0.2) is 0 Å². The van der Waals surface area contributed by atoms with Gasteiger partial charge in [0.05, 0.1) is 13.2 Å². The summed E-state index contributed by atoms with van der Waals surface area (Å²) in [5.41, 5.74) is 2.37. The molecule has 0 saturated carbocycles. The van der Waals surface area contributed by atoms with Crippen LogP contribution in [0.3, 0.4) is 0 Å². The molecule has 0 radical (unpaired) electrons. The summed E-state index contributed by atoms with van der Waals surface area (Å²) in [5, 5.41) is 2.12. The van der Waals surface area contributed by atoms with Crippen LogP contribution >= 0.6 is 11.3 Å². The maximum Gasteiger partial charge on any atom is 0.247 e. The molecule has 1 atom stereocenters. The highest BCUT2D eigenvalue weighted by Crippen LogP contribution is 2.38. The summed E-state index contributed by atoms with van der Waals surface area (Å²) in [6, 6.07) is 10.1. The summed E-state index contributed by atoms with van der Waals surface area (Å²) in [5.74, 6) is 0.900. The van der Waals surface area contributed by atoms with Gasteiger partial charge in [-0.05, 0) is 54.1 Å². The Bertz CT molecular complexity index is 687. The minimum Gasteiger partial charge on any atom is -0.497 e. The molecule has 1 aromatic heterocycles. The fourth-order valence-corrected chi connectivity index (χ4v) is 3.84. The first-order chi connectivity index (χ1) is 10.7.